The van der Waals surface area contributed by atoms with Crippen molar-refractivity contribution < 1.29 is 9.59 Å². The van der Waals surface area contributed by atoms with E-state index in [-0.39, 0.29) is 17.5 Å². The number of benzene rings is 1. The Bertz CT molecular complexity index is 814. The summed E-state index contributed by atoms with van der Waals surface area (Å²) in [5.74, 6) is -0.00420. The van der Waals surface area contributed by atoms with Crippen LogP contribution in [0.15, 0.2) is 48.0 Å². The van der Waals surface area contributed by atoms with Crippen LogP contribution in [0.2, 0.25) is 0 Å². The summed E-state index contributed by atoms with van der Waals surface area (Å²) in [5.41, 5.74) is 1.35. The first-order chi connectivity index (χ1) is 11.7. The van der Waals surface area contributed by atoms with Crippen LogP contribution in [0.1, 0.15) is 22.5 Å². The van der Waals surface area contributed by atoms with E-state index in [0.717, 1.165) is 5.56 Å². The molecule has 3 aromatic rings. The molecule has 0 aliphatic heterocycles. The molecule has 7 nitrogen and oxygen atoms in total. The molecule has 0 spiro atoms. The highest BCUT2D eigenvalue weighted by Gasteiger charge is 2.13. The first kappa shape index (κ1) is 15.9. The van der Waals surface area contributed by atoms with E-state index in [1.54, 1.807) is 11.4 Å². The number of anilines is 2. The molecule has 2 aromatic heterocycles. The van der Waals surface area contributed by atoms with E-state index >= 15 is 0 Å². The molecule has 1 aromatic carbocycles. The Balaban J connectivity index is 1.51. The van der Waals surface area contributed by atoms with Crippen molar-refractivity contribution in [2.45, 2.75) is 12.8 Å². The quantitative estimate of drug-likeness (QED) is 0.642. The predicted molar refractivity (Wildman–Crippen MR) is 92.0 cm³/mol. The zero-order chi connectivity index (χ0) is 16.8. The summed E-state index contributed by atoms with van der Waals surface area (Å²) in [6.45, 7) is 0. The van der Waals surface area contributed by atoms with Crippen molar-refractivity contribution in [2.24, 2.45) is 0 Å². The molecule has 2 heterocycles. The van der Waals surface area contributed by atoms with Gasteiger partial charge in [-0.25, -0.2) is 4.98 Å². The van der Waals surface area contributed by atoms with Crippen molar-refractivity contribution in [3.05, 3.63) is 59.2 Å². The number of rotatable bonds is 6. The second-order valence-corrected chi connectivity index (χ2v) is 5.85. The molecule has 0 saturated carbocycles. The molecule has 3 rings (SSSR count). The third kappa shape index (κ3) is 4.26. The molecule has 24 heavy (non-hydrogen) atoms. The van der Waals surface area contributed by atoms with E-state index in [2.05, 4.69) is 25.8 Å². The summed E-state index contributed by atoms with van der Waals surface area (Å²) >= 11 is 1.21. The molecule has 0 aliphatic rings. The Kier molecular flexibility index (Phi) is 4.97. The summed E-state index contributed by atoms with van der Waals surface area (Å²) in [7, 11) is 0. The largest absolute Gasteiger partial charge is 0.306 e. The fraction of sp³-hybridized carbons (Fsp3) is 0.125. The van der Waals surface area contributed by atoms with Crippen molar-refractivity contribution in [2.75, 3.05) is 10.6 Å². The van der Waals surface area contributed by atoms with E-state index in [1.807, 2.05) is 30.3 Å². The number of aromatic nitrogens is 3. The number of hydrogen-bond acceptors (Lipinski definition) is 5. The van der Waals surface area contributed by atoms with Crippen LogP contribution in [-0.2, 0) is 11.2 Å². The van der Waals surface area contributed by atoms with Gasteiger partial charge in [0.25, 0.3) is 5.91 Å². The minimum Gasteiger partial charge on any atom is -0.306 e. The molecule has 0 saturated heterocycles. The van der Waals surface area contributed by atoms with Crippen LogP contribution >= 0.6 is 11.3 Å². The van der Waals surface area contributed by atoms with Gasteiger partial charge in [0.15, 0.2) is 5.13 Å². The van der Waals surface area contributed by atoms with Crippen LogP contribution in [0.3, 0.4) is 0 Å². The maximum absolute atomic E-state index is 12.0. The summed E-state index contributed by atoms with van der Waals surface area (Å²) in [4.78, 5) is 28.1. The van der Waals surface area contributed by atoms with Gasteiger partial charge in [-0.2, -0.15) is 5.10 Å². The lowest BCUT2D eigenvalue weighted by molar-refractivity contribution is -0.116. The van der Waals surface area contributed by atoms with E-state index in [4.69, 9.17) is 0 Å². The van der Waals surface area contributed by atoms with Crippen LogP contribution < -0.4 is 10.6 Å². The summed E-state index contributed by atoms with van der Waals surface area (Å²) in [5, 5.41) is 13.7. The number of nitrogens with one attached hydrogen (secondary N) is 3. The molecule has 3 N–H and O–H groups in total. The fourth-order valence-electron chi connectivity index (χ4n) is 2.03. The highest BCUT2D eigenvalue weighted by molar-refractivity contribution is 7.14. The number of amides is 2. The molecular weight excluding hydrogens is 326 g/mol. The van der Waals surface area contributed by atoms with Gasteiger partial charge in [0.1, 0.15) is 11.5 Å². The lowest BCUT2D eigenvalue weighted by Gasteiger charge is -2.02. The molecule has 0 aliphatic carbocycles. The summed E-state index contributed by atoms with van der Waals surface area (Å²) < 4.78 is 0. The fourth-order valence-corrected chi connectivity index (χ4v) is 2.74. The zero-order valence-electron chi connectivity index (χ0n) is 12.7. The topological polar surface area (TPSA) is 99.8 Å². The van der Waals surface area contributed by atoms with Crippen molar-refractivity contribution in [3.63, 3.8) is 0 Å². The van der Waals surface area contributed by atoms with Gasteiger partial charge in [0.05, 0.1) is 6.20 Å². The third-order valence-corrected chi connectivity index (χ3v) is 3.97. The average Bonchev–Trinajstić information content (AvgIpc) is 3.26. The Morgan fingerprint density at radius 3 is 2.71 bits per heavy atom. The van der Waals surface area contributed by atoms with Crippen molar-refractivity contribution >= 4 is 34.1 Å². The number of aryl methyl sites for hydroxylation is 1. The number of nitrogens with zero attached hydrogens (tertiary/aromatic N) is 2. The normalized spacial score (nSPS) is 10.3. The maximum atomic E-state index is 12.0. The van der Waals surface area contributed by atoms with Gasteiger partial charge >= 0.3 is 0 Å². The van der Waals surface area contributed by atoms with Crippen LogP contribution in [-0.4, -0.2) is 27.0 Å². The van der Waals surface area contributed by atoms with E-state index in [1.165, 1.54) is 17.5 Å². The SMILES string of the molecule is O=C(CCc1ccccc1)Nc1nc(C(=O)Nc2ccn[nH]2)cs1. The first-order valence-electron chi connectivity index (χ1n) is 7.31. The molecule has 8 heteroatoms. The van der Waals surface area contributed by atoms with Crippen molar-refractivity contribution in [1.29, 1.82) is 0 Å². The highest BCUT2D eigenvalue weighted by atomic mass is 32.1. The van der Waals surface area contributed by atoms with Crippen LogP contribution in [0.5, 0.6) is 0 Å². The Morgan fingerprint density at radius 2 is 1.96 bits per heavy atom. The predicted octanol–water partition coefficient (Wildman–Crippen LogP) is 2.69. The van der Waals surface area contributed by atoms with Crippen LogP contribution in [0, 0.1) is 0 Å². The molecule has 2 amide bonds. The molecular formula is C16H15N5O2S. The van der Waals surface area contributed by atoms with Gasteiger partial charge in [-0.1, -0.05) is 30.3 Å². The summed E-state index contributed by atoms with van der Waals surface area (Å²) in [6.07, 6.45) is 2.56. The van der Waals surface area contributed by atoms with Gasteiger partial charge in [-0.3, -0.25) is 14.7 Å². The molecule has 122 valence electrons. The van der Waals surface area contributed by atoms with Crippen LogP contribution in [0.4, 0.5) is 10.9 Å². The number of thiazole rings is 1. The number of aromatic amines is 1. The lowest BCUT2D eigenvalue weighted by Crippen LogP contribution is -2.14. The Morgan fingerprint density at radius 1 is 1.12 bits per heavy atom. The second-order valence-electron chi connectivity index (χ2n) is 5.00. The highest BCUT2D eigenvalue weighted by Crippen LogP contribution is 2.17. The smallest absolute Gasteiger partial charge is 0.276 e. The van der Waals surface area contributed by atoms with Crippen molar-refractivity contribution in [1.82, 2.24) is 15.2 Å². The van der Waals surface area contributed by atoms with Crippen molar-refractivity contribution in [3.8, 4) is 0 Å². The van der Waals surface area contributed by atoms with Gasteiger partial charge in [-0.05, 0) is 12.0 Å². The maximum Gasteiger partial charge on any atom is 0.276 e. The molecule has 0 radical (unpaired) electrons. The van der Waals surface area contributed by atoms with Gasteiger partial charge < -0.3 is 10.6 Å². The minimum absolute atomic E-state index is 0.131. The van der Waals surface area contributed by atoms with E-state index < -0.39 is 0 Å². The molecule has 0 fully saturated rings. The standard InChI is InChI=1S/C16H15N5O2S/c22-14(7-6-11-4-2-1-3-5-11)20-16-18-12(10-24-16)15(23)19-13-8-9-17-21-13/h1-5,8-10H,6-7H2,(H,18,20,22)(H2,17,19,21,23). The number of carbonyl (C=O) groups is 2. The summed E-state index contributed by atoms with van der Waals surface area (Å²) in [6, 6.07) is 11.4. The number of hydrogen-bond donors (Lipinski definition) is 3. The third-order valence-electron chi connectivity index (χ3n) is 3.22. The van der Waals surface area contributed by atoms with E-state index in [9.17, 15) is 9.59 Å². The van der Waals surface area contributed by atoms with E-state index in [0.29, 0.717) is 23.8 Å². The first-order valence-corrected chi connectivity index (χ1v) is 8.19. The molecule has 0 unspecified atom stereocenters. The molecule has 0 bridgehead atoms. The Hall–Kier alpha value is -3.00. The van der Waals surface area contributed by atoms with Gasteiger partial charge in [0.2, 0.25) is 5.91 Å². The van der Waals surface area contributed by atoms with Gasteiger partial charge in [0, 0.05) is 17.9 Å². The second kappa shape index (κ2) is 7.51. The zero-order valence-corrected chi connectivity index (χ0v) is 13.5. The minimum atomic E-state index is -0.361. The average molecular weight is 341 g/mol. The number of H-pyrrole nitrogens is 1. The lowest BCUT2D eigenvalue weighted by atomic mass is 10.1. The van der Waals surface area contributed by atoms with Gasteiger partial charge in [-0.15, -0.1) is 11.3 Å². The monoisotopic (exact) mass is 341 g/mol. The number of carbonyl (C=O) groups excluding carboxylic acids is 2. The Labute approximate surface area is 142 Å². The van der Waals surface area contributed by atoms with Crippen LogP contribution in [0.25, 0.3) is 0 Å². The molecule has 0 atom stereocenters.